The third kappa shape index (κ3) is 3.62. The number of rotatable bonds is 3. The monoisotopic (exact) mass is 601 g/mol. The van der Waals surface area contributed by atoms with E-state index in [4.69, 9.17) is 0 Å². The largest absolute Gasteiger partial charge is 0.308 e. The normalized spacial score (nSPS) is 11.9. The molecule has 8 aromatic carbocycles. The van der Waals surface area contributed by atoms with Crippen LogP contribution in [0.25, 0.3) is 91.5 Å². The highest BCUT2D eigenvalue weighted by molar-refractivity contribution is 7.26. The van der Waals surface area contributed by atoms with E-state index in [0.29, 0.717) is 0 Å². The maximum Gasteiger partial charge on any atom is 0.0727 e. The number of hydrogen-bond donors (Lipinski definition) is 0. The van der Waals surface area contributed by atoms with E-state index in [9.17, 15) is 0 Å². The van der Waals surface area contributed by atoms with E-state index in [1.165, 1.54) is 91.5 Å². The summed E-state index contributed by atoms with van der Waals surface area (Å²) in [4.78, 5) is 0. The van der Waals surface area contributed by atoms with Crippen molar-refractivity contribution >= 4 is 74.9 Å². The summed E-state index contributed by atoms with van der Waals surface area (Å²) in [5.74, 6) is 0. The van der Waals surface area contributed by atoms with E-state index in [0.717, 1.165) is 0 Å². The number of benzene rings is 8. The predicted octanol–water partition coefficient (Wildman–Crippen LogP) is 12.8. The first kappa shape index (κ1) is 25.6. The Labute approximate surface area is 270 Å². The second kappa shape index (κ2) is 9.90. The number of hydrogen-bond acceptors (Lipinski definition) is 1. The lowest BCUT2D eigenvalue weighted by molar-refractivity contribution is 1.19. The second-order valence-corrected chi connectivity index (χ2v) is 13.1. The molecule has 0 N–H and O–H groups in total. The molecule has 0 aliphatic rings. The molecule has 0 aliphatic carbocycles. The zero-order valence-electron chi connectivity index (χ0n) is 24.9. The van der Waals surface area contributed by atoms with Gasteiger partial charge in [0.25, 0.3) is 0 Å². The molecule has 0 atom stereocenters. The van der Waals surface area contributed by atoms with Crippen LogP contribution in [0.15, 0.2) is 164 Å². The van der Waals surface area contributed by atoms with Gasteiger partial charge < -0.3 is 4.57 Å². The number of aromatic nitrogens is 1. The Morgan fingerprint density at radius 2 is 1.00 bits per heavy atom. The topological polar surface area (TPSA) is 4.93 Å². The van der Waals surface area contributed by atoms with Crippen molar-refractivity contribution in [1.82, 2.24) is 4.57 Å². The average Bonchev–Trinajstić information content (AvgIpc) is 3.65. The number of fused-ring (bicyclic) bond motifs is 8. The molecule has 2 aromatic heterocycles. The molecule has 0 radical (unpaired) electrons. The van der Waals surface area contributed by atoms with Crippen LogP contribution in [-0.2, 0) is 0 Å². The Morgan fingerprint density at radius 3 is 1.74 bits per heavy atom. The van der Waals surface area contributed by atoms with E-state index in [-0.39, 0.29) is 0 Å². The smallest absolute Gasteiger partial charge is 0.0727 e. The van der Waals surface area contributed by atoms with Crippen LogP contribution in [-0.4, -0.2) is 4.57 Å². The van der Waals surface area contributed by atoms with E-state index >= 15 is 0 Å². The quantitative estimate of drug-likeness (QED) is 0.178. The van der Waals surface area contributed by atoms with Crippen molar-refractivity contribution in [2.24, 2.45) is 0 Å². The van der Waals surface area contributed by atoms with Gasteiger partial charge in [0.2, 0.25) is 0 Å². The Kier molecular flexibility index (Phi) is 5.51. The van der Waals surface area contributed by atoms with Gasteiger partial charge in [-0.1, -0.05) is 140 Å². The predicted molar refractivity (Wildman–Crippen MR) is 200 cm³/mol. The third-order valence-electron chi connectivity index (χ3n) is 9.57. The van der Waals surface area contributed by atoms with E-state index in [1.54, 1.807) is 0 Å². The maximum absolute atomic E-state index is 2.47. The summed E-state index contributed by atoms with van der Waals surface area (Å²) >= 11 is 1.89. The van der Waals surface area contributed by atoms with Crippen molar-refractivity contribution in [2.45, 2.75) is 0 Å². The molecule has 0 unspecified atom stereocenters. The Morgan fingerprint density at radius 1 is 0.413 bits per heavy atom. The summed E-state index contributed by atoms with van der Waals surface area (Å²) in [6.45, 7) is 0. The van der Waals surface area contributed by atoms with Gasteiger partial charge in [-0.25, -0.2) is 0 Å². The van der Waals surface area contributed by atoms with E-state index < -0.39 is 0 Å². The first-order valence-electron chi connectivity index (χ1n) is 15.8. The zero-order valence-corrected chi connectivity index (χ0v) is 25.8. The van der Waals surface area contributed by atoms with Crippen LogP contribution in [0.5, 0.6) is 0 Å². The van der Waals surface area contributed by atoms with Crippen LogP contribution in [0.2, 0.25) is 0 Å². The molecule has 10 rings (SSSR count). The molecule has 0 saturated carbocycles. The van der Waals surface area contributed by atoms with Crippen molar-refractivity contribution in [2.75, 3.05) is 0 Å². The fourth-order valence-electron chi connectivity index (χ4n) is 7.64. The maximum atomic E-state index is 2.47. The lowest BCUT2D eigenvalue weighted by Gasteiger charge is -2.19. The second-order valence-electron chi connectivity index (χ2n) is 12.0. The average molecular weight is 602 g/mol. The fourth-order valence-corrected chi connectivity index (χ4v) is 8.86. The molecule has 214 valence electrons. The van der Waals surface area contributed by atoms with Crippen molar-refractivity contribution in [3.63, 3.8) is 0 Å². The van der Waals surface area contributed by atoms with Crippen LogP contribution >= 0.6 is 11.3 Å². The zero-order chi connectivity index (χ0) is 30.2. The molecule has 0 bridgehead atoms. The highest BCUT2D eigenvalue weighted by atomic mass is 32.1. The molecular formula is C44H27NS. The van der Waals surface area contributed by atoms with Gasteiger partial charge in [-0.15, -0.1) is 11.3 Å². The minimum absolute atomic E-state index is 1.18. The minimum atomic E-state index is 1.18. The van der Waals surface area contributed by atoms with Crippen molar-refractivity contribution in [3.05, 3.63) is 164 Å². The van der Waals surface area contributed by atoms with Gasteiger partial charge in [0.1, 0.15) is 0 Å². The fraction of sp³-hybridized carbons (Fsp3) is 0. The van der Waals surface area contributed by atoms with Crippen LogP contribution in [0.1, 0.15) is 0 Å². The number of thiophene rings is 1. The van der Waals surface area contributed by atoms with E-state index in [1.807, 2.05) is 11.3 Å². The van der Waals surface area contributed by atoms with Crippen molar-refractivity contribution < 1.29 is 0 Å². The summed E-state index contributed by atoms with van der Waals surface area (Å²) in [5, 5.41) is 10.2. The first-order chi connectivity index (χ1) is 22.8. The summed E-state index contributed by atoms with van der Waals surface area (Å²) in [6, 6.07) is 60.1. The van der Waals surface area contributed by atoms with Crippen molar-refractivity contribution in [3.8, 4) is 27.9 Å². The first-order valence-corrected chi connectivity index (χ1v) is 16.6. The molecule has 1 nitrogen and oxygen atoms in total. The lowest BCUT2D eigenvalue weighted by Crippen LogP contribution is -1.94. The van der Waals surface area contributed by atoms with Crippen LogP contribution < -0.4 is 0 Å². The molecule has 0 spiro atoms. The molecule has 0 saturated heterocycles. The van der Waals surface area contributed by atoms with Crippen LogP contribution in [0.3, 0.4) is 0 Å². The Hall–Kier alpha value is -5.70. The Bertz CT molecular complexity index is 2740. The van der Waals surface area contributed by atoms with Gasteiger partial charge in [0.05, 0.1) is 15.7 Å². The van der Waals surface area contributed by atoms with Crippen molar-refractivity contribution in [1.29, 1.82) is 0 Å². The van der Waals surface area contributed by atoms with Crippen LogP contribution in [0, 0.1) is 0 Å². The number of nitrogens with zero attached hydrogens (tertiary/aromatic N) is 1. The summed E-state index contributed by atoms with van der Waals surface area (Å²) in [5.41, 5.74) is 8.80. The third-order valence-corrected chi connectivity index (χ3v) is 10.8. The van der Waals surface area contributed by atoms with Gasteiger partial charge in [-0.05, 0) is 78.8 Å². The number of para-hydroxylation sites is 1. The van der Waals surface area contributed by atoms with E-state index in [2.05, 4.69) is 168 Å². The summed E-state index contributed by atoms with van der Waals surface area (Å²) in [6.07, 6.45) is 0. The molecule has 0 fully saturated rings. The highest BCUT2D eigenvalue weighted by Gasteiger charge is 2.21. The molecule has 46 heavy (non-hydrogen) atoms. The standard InChI is InChI=1S/C44H27NS/c1-2-15-30(16-3-1)45-39-27-29(25-26-37(39)44-43(45)38-22-10-11-24-40(38)46-44)41-33-18-6-8-20-35(33)42(36-21-9-7-19-34(36)41)32-23-12-14-28-13-4-5-17-31(28)32/h1-27H. The highest BCUT2D eigenvalue weighted by Crippen LogP contribution is 2.47. The van der Waals surface area contributed by atoms with Gasteiger partial charge in [0.15, 0.2) is 0 Å². The summed E-state index contributed by atoms with van der Waals surface area (Å²) < 4.78 is 5.14. The SMILES string of the molecule is c1ccc(-n2c3cc(-c4c5ccccc5c(-c5cccc6ccccc56)c5ccccc45)ccc3c3sc4ccccc4c32)cc1. The minimum Gasteiger partial charge on any atom is -0.308 e. The lowest BCUT2D eigenvalue weighted by atomic mass is 9.84. The Balaban J connectivity index is 1.33. The summed E-state index contributed by atoms with van der Waals surface area (Å²) in [7, 11) is 0. The molecule has 2 heterocycles. The van der Waals surface area contributed by atoms with Crippen LogP contribution in [0.4, 0.5) is 0 Å². The molecular weight excluding hydrogens is 575 g/mol. The molecule has 10 aromatic rings. The molecule has 0 amide bonds. The molecule has 0 aliphatic heterocycles. The molecule has 2 heteroatoms. The van der Waals surface area contributed by atoms with Gasteiger partial charge in [-0.3, -0.25) is 0 Å². The van der Waals surface area contributed by atoms with Gasteiger partial charge in [0, 0.05) is 21.2 Å². The van der Waals surface area contributed by atoms with Gasteiger partial charge in [-0.2, -0.15) is 0 Å². The van der Waals surface area contributed by atoms with Gasteiger partial charge >= 0.3 is 0 Å².